The summed E-state index contributed by atoms with van der Waals surface area (Å²) in [4.78, 5) is 12.3. The smallest absolute Gasteiger partial charge is 0.264 e. The van der Waals surface area contributed by atoms with Crippen molar-refractivity contribution >= 4 is 28.9 Å². The van der Waals surface area contributed by atoms with Gasteiger partial charge in [0.25, 0.3) is 5.91 Å². The lowest BCUT2D eigenvalue weighted by molar-refractivity contribution is -0.115. The first-order valence-corrected chi connectivity index (χ1v) is 9.05. The Bertz CT molecular complexity index is 857. The van der Waals surface area contributed by atoms with Crippen molar-refractivity contribution in [1.29, 1.82) is 5.41 Å². The van der Waals surface area contributed by atoms with Gasteiger partial charge in [0.05, 0.1) is 4.91 Å². The first-order chi connectivity index (χ1) is 12.5. The van der Waals surface area contributed by atoms with E-state index in [9.17, 15) is 4.79 Å². The van der Waals surface area contributed by atoms with E-state index in [0.29, 0.717) is 23.9 Å². The van der Waals surface area contributed by atoms with Crippen molar-refractivity contribution in [2.75, 3.05) is 13.2 Å². The molecule has 0 aliphatic carbocycles. The fraction of sp³-hybridized carbons (Fsp3) is 0.200. The Kier molecular flexibility index (Phi) is 5.63. The minimum Gasteiger partial charge on any atom is -0.490 e. The molecule has 1 amide bonds. The van der Waals surface area contributed by atoms with Gasteiger partial charge in [-0.15, -0.1) is 0 Å². The van der Waals surface area contributed by atoms with Crippen molar-refractivity contribution in [2.45, 2.75) is 13.8 Å². The van der Waals surface area contributed by atoms with Crippen LogP contribution in [0.2, 0.25) is 0 Å². The van der Waals surface area contributed by atoms with E-state index >= 15 is 0 Å². The van der Waals surface area contributed by atoms with E-state index in [0.717, 1.165) is 34.2 Å². The van der Waals surface area contributed by atoms with Gasteiger partial charge in [-0.3, -0.25) is 10.2 Å². The van der Waals surface area contributed by atoms with Gasteiger partial charge >= 0.3 is 0 Å². The Labute approximate surface area is 156 Å². The number of benzene rings is 2. The minimum atomic E-state index is -0.257. The highest BCUT2D eigenvalue weighted by molar-refractivity contribution is 8.18. The van der Waals surface area contributed by atoms with E-state index in [2.05, 4.69) is 11.4 Å². The van der Waals surface area contributed by atoms with Crippen LogP contribution >= 0.6 is 11.8 Å². The van der Waals surface area contributed by atoms with Crippen molar-refractivity contribution in [2.24, 2.45) is 0 Å². The van der Waals surface area contributed by atoms with E-state index in [1.54, 1.807) is 6.08 Å². The van der Waals surface area contributed by atoms with Gasteiger partial charge in [-0.1, -0.05) is 24.3 Å². The maximum absolute atomic E-state index is 11.8. The summed E-state index contributed by atoms with van der Waals surface area (Å²) in [5, 5.41) is 10.1. The number of hydrogen-bond acceptors (Lipinski definition) is 5. The van der Waals surface area contributed by atoms with Crippen LogP contribution in [0.1, 0.15) is 16.7 Å². The zero-order chi connectivity index (χ0) is 18.5. The minimum absolute atomic E-state index is 0.140. The van der Waals surface area contributed by atoms with Gasteiger partial charge in [-0.2, -0.15) is 0 Å². The Morgan fingerprint density at radius 2 is 1.77 bits per heavy atom. The third-order valence-electron chi connectivity index (χ3n) is 3.67. The van der Waals surface area contributed by atoms with E-state index in [4.69, 9.17) is 14.9 Å². The lowest BCUT2D eigenvalue weighted by Gasteiger charge is -2.11. The lowest BCUT2D eigenvalue weighted by Crippen LogP contribution is -2.18. The van der Waals surface area contributed by atoms with Crippen molar-refractivity contribution < 1.29 is 14.3 Å². The molecule has 1 heterocycles. The number of aryl methyl sites for hydroxylation is 2. The van der Waals surface area contributed by atoms with Crippen LogP contribution in [0, 0.1) is 19.3 Å². The number of thioether (sulfide) groups is 1. The zero-order valence-corrected chi connectivity index (χ0v) is 15.5. The van der Waals surface area contributed by atoms with Gasteiger partial charge in [0, 0.05) is 5.56 Å². The van der Waals surface area contributed by atoms with Crippen LogP contribution in [0.5, 0.6) is 11.5 Å². The predicted molar refractivity (Wildman–Crippen MR) is 105 cm³/mol. The van der Waals surface area contributed by atoms with Crippen molar-refractivity contribution in [3.8, 4) is 11.5 Å². The van der Waals surface area contributed by atoms with Gasteiger partial charge in [0.2, 0.25) is 0 Å². The van der Waals surface area contributed by atoms with Crippen LogP contribution in [-0.4, -0.2) is 24.3 Å². The Hall–Kier alpha value is -2.73. The summed E-state index contributed by atoms with van der Waals surface area (Å²) in [6.07, 6.45) is 1.74. The number of ether oxygens (including phenoxy) is 2. The Morgan fingerprint density at radius 1 is 1.08 bits per heavy atom. The molecule has 1 fully saturated rings. The largest absolute Gasteiger partial charge is 0.490 e. The standard InChI is InChI=1S/C20H20N2O3S/c1-13-9-14(2)11-16(10-13)24-7-8-25-17-6-4-3-5-15(17)12-18-19(23)22-20(21)26-18/h3-6,9-12H,7-8H2,1-2H3,(H2,21,22,23). The normalized spacial score (nSPS) is 15.2. The molecular weight excluding hydrogens is 348 g/mol. The summed E-state index contributed by atoms with van der Waals surface area (Å²) in [5.41, 5.74) is 3.12. The predicted octanol–water partition coefficient (Wildman–Crippen LogP) is 3.90. The third kappa shape index (κ3) is 4.67. The van der Waals surface area contributed by atoms with E-state index in [-0.39, 0.29) is 11.1 Å². The van der Waals surface area contributed by atoms with E-state index < -0.39 is 0 Å². The topological polar surface area (TPSA) is 71.4 Å². The van der Waals surface area contributed by atoms with Crippen LogP contribution in [-0.2, 0) is 4.79 Å². The molecule has 0 bridgehead atoms. The lowest BCUT2D eigenvalue weighted by atomic mass is 10.1. The highest BCUT2D eigenvalue weighted by Crippen LogP contribution is 2.28. The molecule has 3 rings (SSSR count). The second-order valence-corrected chi connectivity index (χ2v) is 7.00. The first kappa shape index (κ1) is 18.1. The molecule has 1 saturated heterocycles. The molecular formula is C20H20N2O3S. The van der Waals surface area contributed by atoms with Crippen LogP contribution in [0.4, 0.5) is 0 Å². The number of rotatable bonds is 6. The molecule has 2 N–H and O–H groups in total. The number of nitrogens with one attached hydrogen (secondary N) is 2. The molecule has 134 valence electrons. The van der Waals surface area contributed by atoms with Crippen molar-refractivity contribution in [3.63, 3.8) is 0 Å². The quantitative estimate of drug-likeness (QED) is 0.599. The number of carbonyl (C=O) groups is 1. The maximum Gasteiger partial charge on any atom is 0.264 e. The average Bonchev–Trinajstić information content (AvgIpc) is 2.89. The van der Waals surface area contributed by atoms with Crippen LogP contribution in [0.25, 0.3) is 6.08 Å². The summed E-state index contributed by atoms with van der Waals surface area (Å²) in [5.74, 6) is 1.25. The van der Waals surface area contributed by atoms with Gasteiger partial charge in [-0.25, -0.2) is 0 Å². The fourth-order valence-electron chi connectivity index (χ4n) is 2.64. The molecule has 0 unspecified atom stereocenters. The maximum atomic E-state index is 11.8. The van der Waals surface area contributed by atoms with Crippen molar-refractivity contribution in [1.82, 2.24) is 5.32 Å². The van der Waals surface area contributed by atoms with Gasteiger partial charge in [-0.05, 0) is 61.0 Å². The molecule has 0 atom stereocenters. The van der Waals surface area contributed by atoms with Gasteiger partial charge < -0.3 is 14.8 Å². The molecule has 0 radical (unpaired) electrons. The molecule has 2 aromatic carbocycles. The van der Waals surface area contributed by atoms with Crippen LogP contribution in [0.3, 0.4) is 0 Å². The summed E-state index contributed by atoms with van der Waals surface area (Å²) < 4.78 is 11.6. The number of carbonyl (C=O) groups excluding carboxylic acids is 1. The molecule has 0 spiro atoms. The highest BCUT2D eigenvalue weighted by atomic mass is 32.2. The summed E-state index contributed by atoms with van der Waals surface area (Å²) in [6.45, 7) is 4.89. The molecule has 1 aliphatic heterocycles. The molecule has 2 aromatic rings. The first-order valence-electron chi connectivity index (χ1n) is 8.23. The molecule has 1 aliphatic rings. The molecule has 0 saturated carbocycles. The molecule has 6 heteroatoms. The second kappa shape index (κ2) is 8.10. The highest BCUT2D eigenvalue weighted by Gasteiger charge is 2.22. The van der Waals surface area contributed by atoms with Gasteiger partial charge in [0.15, 0.2) is 5.17 Å². The summed E-state index contributed by atoms with van der Waals surface area (Å²) in [7, 11) is 0. The fourth-order valence-corrected chi connectivity index (χ4v) is 3.33. The molecule has 26 heavy (non-hydrogen) atoms. The van der Waals surface area contributed by atoms with Gasteiger partial charge in [0.1, 0.15) is 24.7 Å². The third-order valence-corrected chi connectivity index (χ3v) is 4.50. The SMILES string of the molecule is Cc1cc(C)cc(OCCOc2ccccc2C=C2SC(=N)NC2=O)c1. The summed E-state index contributed by atoms with van der Waals surface area (Å²) >= 11 is 1.11. The number of para-hydroxylation sites is 1. The van der Waals surface area contributed by atoms with Crippen LogP contribution in [0.15, 0.2) is 47.4 Å². The number of amides is 1. The second-order valence-electron chi connectivity index (χ2n) is 5.95. The number of amidine groups is 1. The molecule has 0 aromatic heterocycles. The molecule has 5 nitrogen and oxygen atoms in total. The zero-order valence-electron chi connectivity index (χ0n) is 14.7. The monoisotopic (exact) mass is 368 g/mol. The Balaban J connectivity index is 1.61. The summed E-state index contributed by atoms with van der Waals surface area (Å²) in [6, 6.07) is 13.6. The van der Waals surface area contributed by atoms with E-state index in [1.807, 2.05) is 50.2 Å². The average molecular weight is 368 g/mol. The van der Waals surface area contributed by atoms with Crippen LogP contribution < -0.4 is 14.8 Å². The van der Waals surface area contributed by atoms with E-state index in [1.165, 1.54) is 0 Å². The van der Waals surface area contributed by atoms with Crippen molar-refractivity contribution in [3.05, 3.63) is 64.1 Å². The number of hydrogen-bond donors (Lipinski definition) is 2. The Morgan fingerprint density at radius 3 is 2.46 bits per heavy atom.